The number of hydrogen-bond acceptors (Lipinski definition) is 2. The van der Waals surface area contributed by atoms with Crippen LogP contribution in [-0.4, -0.2) is 13.1 Å². The van der Waals surface area contributed by atoms with Crippen molar-refractivity contribution in [2.24, 2.45) is 5.73 Å². The van der Waals surface area contributed by atoms with E-state index >= 15 is 0 Å². The first-order valence-electron chi connectivity index (χ1n) is 5.49. The van der Waals surface area contributed by atoms with Gasteiger partial charge in [-0.1, -0.05) is 36.4 Å². The summed E-state index contributed by atoms with van der Waals surface area (Å²) in [5, 5.41) is 0. The quantitative estimate of drug-likeness (QED) is 0.729. The Labute approximate surface area is 116 Å². The molecule has 0 amide bonds. The zero-order chi connectivity index (χ0) is 11.2. The molecule has 2 aromatic carbocycles. The Bertz CT molecular complexity index is 383. The standard InChI is InChI=1S/C14H16N2.Li.H/c15-11-12-16(13-7-3-1-4-8-13)14-9-5-2-6-10-14;;/h1-10H,11-12,15H2;;/q;+1;-1. The number of nitrogens with two attached hydrogens (primary N) is 1. The summed E-state index contributed by atoms with van der Waals surface area (Å²) < 4.78 is 0. The molecule has 0 aliphatic heterocycles. The molecule has 84 valence electrons. The molecule has 0 saturated carbocycles. The van der Waals surface area contributed by atoms with Gasteiger partial charge in [0.2, 0.25) is 0 Å². The Balaban J connectivity index is 0.00000144. The molecule has 2 N–H and O–H groups in total. The van der Waals surface area contributed by atoms with E-state index in [1.165, 1.54) is 11.4 Å². The van der Waals surface area contributed by atoms with Gasteiger partial charge in [0.15, 0.2) is 0 Å². The van der Waals surface area contributed by atoms with E-state index in [-0.39, 0.29) is 20.3 Å². The van der Waals surface area contributed by atoms with Crippen LogP contribution in [0.15, 0.2) is 60.7 Å². The van der Waals surface area contributed by atoms with E-state index in [9.17, 15) is 0 Å². The molecule has 0 unspecified atom stereocenters. The summed E-state index contributed by atoms with van der Waals surface area (Å²) in [6.45, 7) is 1.47. The first kappa shape index (κ1) is 13.9. The molecule has 0 aromatic heterocycles. The number of para-hydroxylation sites is 2. The summed E-state index contributed by atoms with van der Waals surface area (Å²) in [5.74, 6) is 0. The number of benzene rings is 2. The van der Waals surface area contributed by atoms with Crippen molar-refractivity contribution in [1.82, 2.24) is 0 Å². The van der Waals surface area contributed by atoms with Crippen LogP contribution in [0.25, 0.3) is 0 Å². The molecular formula is C14H17LiN2. The maximum atomic E-state index is 5.66. The summed E-state index contributed by atoms with van der Waals surface area (Å²) >= 11 is 0. The summed E-state index contributed by atoms with van der Waals surface area (Å²) in [4.78, 5) is 2.22. The van der Waals surface area contributed by atoms with Gasteiger partial charge in [0.25, 0.3) is 0 Å². The second-order valence-corrected chi connectivity index (χ2v) is 3.61. The molecule has 0 fully saturated rings. The summed E-state index contributed by atoms with van der Waals surface area (Å²) in [5.41, 5.74) is 8.02. The maximum Gasteiger partial charge on any atom is 1.00 e. The molecule has 3 heteroatoms. The van der Waals surface area contributed by atoms with Crippen molar-refractivity contribution in [2.45, 2.75) is 0 Å². The van der Waals surface area contributed by atoms with Crippen molar-refractivity contribution >= 4 is 11.4 Å². The van der Waals surface area contributed by atoms with Gasteiger partial charge in [0.05, 0.1) is 0 Å². The predicted molar refractivity (Wildman–Crippen MR) is 70.1 cm³/mol. The maximum absolute atomic E-state index is 5.66. The van der Waals surface area contributed by atoms with Gasteiger partial charge in [0.1, 0.15) is 0 Å². The molecule has 0 aliphatic carbocycles. The van der Waals surface area contributed by atoms with Gasteiger partial charge >= 0.3 is 18.9 Å². The van der Waals surface area contributed by atoms with Crippen molar-refractivity contribution in [2.75, 3.05) is 18.0 Å². The van der Waals surface area contributed by atoms with Gasteiger partial charge in [-0.05, 0) is 24.3 Å². The predicted octanol–water partition coefficient (Wildman–Crippen LogP) is -0.100. The average molecular weight is 220 g/mol. The molecule has 2 rings (SSSR count). The van der Waals surface area contributed by atoms with Crippen LogP contribution in [-0.2, 0) is 0 Å². The molecule has 0 atom stereocenters. The number of hydrogen-bond donors (Lipinski definition) is 1. The molecule has 0 aliphatic rings. The van der Waals surface area contributed by atoms with E-state index in [1.807, 2.05) is 36.4 Å². The van der Waals surface area contributed by atoms with Crippen molar-refractivity contribution in [3.63, 3.8) is 0 Å². The first-order valence-corrected chi connectivity index (χ1v) is 5.49. The van der Waals surface area contributed by atoms with E-state index in [2.05, 4.69) is 29.2 Å². The van der Waals surface area contributed by atoms with Crippen LogP contribution in [0.1, 0.15) is 1.43 Å². The summed E-state index contributed by atoms with van der Waals surface area (Å²) in [6.07, 6.45) is 0. The van der Waals surface area contributed by atoms with Gasteiger partial charge in [0, 0.05) is 24.5 Å². The average Bonchev–Trinajstić information content (AvgIpc) is 2.38. The summed E-state index contributed by atoms with van der Waals surface area (Å²) in [7, 11) is 0. The second kappa shape index (κ2) is 7.19. The fourth-order valence-electron chi connectivity index (χ4n) is 1.75. The molecule has 0 spiro atoms. The number of anilines is 2. The molecule has 2 aromatic rings. The topological polar surface area (TPSA) is 29.3 Å². The zero-order valence-electron chi connectivity index (χ0n) is 11.2. The monoisotopic (exact) mass is 220 g/mol. The molecular weight excluding hydrogens is 203 g/mol. The summed E-state index contributed by atoms with van der Waals surface area (Å²) in [6, 6.07) is 20.6. The van der Waals surface area contributed by atoms with Gasteiger partial charge in [-0.15, -0.1) is 0 Å². The van der Waals surface area contributed by atoms with Crippen LogP contribution in [0.5, 0.6) is 0 Å². The van der Waals surface area contributed by atoms with E-state index in [0.717, 1.165) is 6.54 Å². The Morgan fingerprint density at radius 2 is 1.24 bits per heavy atom. The molecule has 0 saturated heterocycles. The molecule has 0 bridgehead atoms. The largest absolute Gasteiger partial charge is 1.00 e. The van der Waals surface area contributed by atoms with E-state index in [4.69, 9.17) is 5.73 Å². The Morgan fingerprint density at radius 1 is 0.824 bits per heavy atom. The molecule has 0 radical (unpaired) electrons. The third-order valence-corrected chi connectivity index (χ3v) is 2.49. The van der Waals surface area contributed by atoms with Gasteiger partial charge in [-0.3, -0.25) is 0 Å². The first-order chi connectivity index (χ1) is 7.92. The third-order valence-electron chi connectivity index (χ3n) is 2.49. The Hall–Kier alpha value is -1.20. The van der Waals surface area contributed by atoms with Crippen LogP contribution >= 0.6 is 0 Å². The van der Waals surface area contributed by atoms with Gasteiger partial charge in [-0.25, -0.2) is 0 Å². The van der Waals surface area contributed by atoms with Crippen molar-refractivity contribution in [3.8, 4) is 0 Å². The minimum atomic E-state index is 0. The number of rotatable bonds is 4. The van der Waals surface area contributed by atoms with Crippen molar-refractivity contribution < 1.29 is 20.3 Å². The van der Waals surface area contributed by atoms with Crippen LogP contribution in [0.2, 0.25) is 0 Å². The van der Waals surface area contributed by atoms with Gasteiger partial charge in [-0.2, -0.15) is 0 Å². The van der Waals surface area contributed by atoms with E-state index in [1.54, 1.807) is 0 Å². The normalized spacial score (nSPS) is 9.47. The molecule has 0 heterocycles. The minimum absolute atomic E-state index is 0. The van der Waals surface area contributed by atoms with Crippen molar-refractivity contribution in [1.29, 1.82) is 0 Å². The molecule has 2 nitrogen and oxygen atoms in total. The van der Waals surface area contributed by atoms with Gasteiger partial charge < -0.3 is 12.1 Å². The van der Waals surface area contributed by atoms with Crippen LogP contribution < -0.4 is 29.5 Å². The SMILES string of the molecule is NCCN(c1ccccc1)c1ccccc1.[H-].[Li+]. The second-order valence-electron chi connectivity index (χ2n) is 3.61. The Morgan fingerprint density at radius 3 is 1.59 bits per heavy atom. The third kappa shape index (κ3) is 3.64. The smallest absolute Gasteiger partial charge is 1.00 e. The fraction of sp³-hybridized carbons (Fsp3) is 0.143. The van der Waals surface area contributed by atoms with Crippen molar-refractivity contribution in [3.05, 3.63) is 60.7 Å². The Kier molecular flexibility index (Phi) is 5.86. The van der Waals surface area contributed by atoms with Crippen LogP contribution in [0.4, 0.5) is 11.4 Å². The minimum Gasteiger partial charge on any atom is -1.00 e. The van der Waals surface area contributed by atoms with Crippen LogP contribution in [0, 0.1) is 0 Å². The van der Waals surface area contributed by atoms with Crippen LogP contribution in [0.3, 0.4) is 0 Å². The fourth-order valence-corrected chi connectivity index (χ4v) is 1.75. The number of nitrogens with zero attached hydrogens (tertiary/aromatic N) is 1. The van der Waals surface area contributed by atoms with E-state index in [0.29, 0.717) is 6.54 Å². The zero-order valence-corrected chi connectivity index (χ0v) is 10.2. The van der Waals surface area contributed by atoms with E-state index < -0.39 is 0 Å². The molecule has 17 heavy (non-hydrogen) atoms.